The molecule has 5 rings (SSSR count). The number of allylic oxidation sites excluding steroid dienone is 1. The highest BCUT2D eigenvalue weighted by Gasteiger charge is 2.26. The second kappa shape index (κ2) is 10.7. The van der Waals surface area contributed by atoms with E-state index >= 15 is 0 Å². The predicted octanol–water partition coefficient (Wildman–Crippen LogP) is 5.77. The third kappa shape index (κ3) is 5.37. The van der Waals surface area contributed by atoms with E-state index in [1.165, 1.54) is 5.57 Å². The quantitative estimate of drug-likeness (QED) is 0.318. The number of hydrogen-bond donors (Lipinski definition) is 0. The lowest BCUT2D eigenvalue weighted by Gasteiger charge is -2.34. The Morgan fingerprint density at radius 3 is 2.68 bits per heavy atom. The van der Waals surface area contributed by atoms with E-state index in [2.05, 4.69) is 30.6 Å². The van der Waals surface area contributed by atoms with Crippen LogP contribution in [0.1, 0.15) is 41.4 Å². The Balaban J connectivity index is 1.34. The van der Waals surface area contributed by atoms with Gasteiger partial charge in [-0.25, -0.2) is 9.78 Å². The van der Waals surface area contributed by atoms with Crippen LogP contribution in [0.25, 0.3) is 28.2 Å². The summed E-state index contributed by atoms with van der Waals surface area (Å²) in [7, 11) is 0. The maximum absolute atomic E-state index is 13.3. The number of carbonyl (C=O) groups excluding carboxylic acids is 2. The molecule has 37 heavy (non-hydrogen) atoms. The molecule has 0 bridgehead atoms. The lowest BCUT2D eigenvalue weighted by Crippen LogP contribution is -2.50. The molecule has 1 aromatic carbocycles. The number of piperazine rings is 1. The van der Waals surface area contributed by atoms with Gasteiger partial charge in [-0.2, -0.15) is 0 Å². The van der Waals surface area contributed by atoms with Crippen LogP contribution in [0, 0.1) is 0 Å². The predicted molar refractivity (Wildman–Crippen MR) is 146 cm³/mol. The first-order valence-electron chi connectivity index (χ1n) is 12.5. The first kappa shape index (κ1) is 25.0. The number of benzene rings is 1. The van der Waals surface area contributed by atoms with Crippen LogP contribution in [0.4, 0.5) is 4.79 Å². The van der Waals surface area contributed by atoms with E-state index in [0.717, 1.165) is 40.7 Å². The first-order chi connectivity index (χ1) is 17.9. The zero-order valence-electron chi connectivity index (χ0n) is 20.9. The van der Waals surface area contributed by atoms with Crippen molar-refractivity contribution < 1.29 is 14.3 Å². The molecule has 0 saturated carbocycles. The summed E-state index contributed by atoms with van der Waals surface area (Å²) in [5.41, 5.74) is 6.36. The van der Waals surface area contributed by atoms with Gasteiger partial charge in [0.1, 0.15) is 0 Å². The maximum Gasteiger partial charge on any atom is 0.409 e. The molecule has 0 spiro atoms. The topological polar surface area (TPSA) is 75.6 Å². The molecule has 0 atom stereocenters. The van der Waals surface area contributed by atoms with E-state index in [1.54, 1.807) is 28.0 Å². The number of fused-ring (bicyclic) bond motifs is 2. The summed E-state index contributed by atoms with van der Waals surface area (Å²) in [5, 5.41) is 1.36. The number of carbonyl (C=O) groups is 2. The van der Waals surface area contributed by atoms with E-state index in [1.807, 2.05) is 18.3 Å². The minimum Gasteiger partial charge on any atom is -0.449 e. The number of amides is 2. The summed E-state index contributed by atoms with van der Waals surface area (Å²) in [4.78, 5) is 38.3. The molecule has 1 fully saturated rings. The Morgan fingerprint density at radius 2 is 1.89 bits per heavy atom. The SMILES string of the molecule is C=CCCOC(=O)N1CCN(C(=O)c2ccc3c(Cl)cc(-c4cnc5c(c4)C=C(C)CC5)nc3c2)CC1. The minimum absolute atomic E-state index is 0.0963. The normalized spacial score (nSPS) is 15.2. The molecule has 3 heterocycles. The molecular formula is C29H29ClN4O3. The summed E-state index contributed by atoms with van der Waals surface area (Å²) in [6, 6.07) is 9.36. The number of aromatic nitrogens is 2. The number of pyridine rings is 2. The van der Waals surface area contributed by atoms with Gasteiger partial charge in [-0.15, -0.1) is 6.58 Å². The van der Waals surface area contributed by atoms with Crippen molar-refractivity contribution in [2.75, 3.05) is 32.8 Å². The average Bonchev–Trinajstić information content (AvgIpc) is 2.92. The molecule has 8 heteroatoms. The summed E-state index contributed by atoms with van der Waals surface area (Å²) in [6.45, 7) is 7.81. The summed E-state index contributed by atoms with van der Waals surface area (Å²) in [6.07, 6.45) is 7.97. The summed E-state index contributed by atoms with van der Waals surface area (Å²) in [5.74, 6) is -0.0963. The van der Waals surface area contributed by atoms with E-state index < -0.39 is 0 Å². The van der Waals surface area contributed by atoms with Gasteiger partial charge in [-0.05, 0) is 56.0 Å². The van der Waals surface area contributed by atoms with Crippen molar-refractivity contribution in [3.63, 3.8) is 0 Å². The van der Waals surface area contributed by atoms with Crippen LogP contribution in [0.3, 0.4) is 0 Å². The van der Waals surface area contributed by atoms with Gasteiger partial charge in [0.2, 0.25) is 0 Å². The van der Waals surface area contributed by atoms with Crippen molar-refractivity contribution in [2.24, 2.45) is 0 Å². The van der Waals surface area contributed by atoms with Crippen LogP contribution in [-0.2, 0) is 11.2 Å². The number of nitrogens with zero attached hydrogens (tertiary/aromatic N) is 4. The number of ether oxygens (including phenoxy) is 1. The van der Waals surface area contributed by atoms with Crippen LogP contribution in [0.15, 0.2) is 54.8 Å². The Bertz CT molecular complexity index is 1410. The van der Waals surface area contributed by atoms with E-state index in [9.17, 15) is 9.59 Å². The van der Waals surface area contributed by atoms with Crippen LogP contribution < -0.4 is 0 Å². The third-order valence-corrected chi connectivity index (χ3v) is 7.15. The number of hydrogen-bond acceptors (Lipinski definition) is 5. The largest absolute Gasteiger partial charge is 0.449 e. The highest BCUT2D eigenvalue weighted by molar-refractivity contribution is 6.35. The van der Waals surface area contributed by atoms with E-state index in [-0.39, 0.29) is 12.0 Å². The van der Waals surface area contributed by atoms with Crippen molar-refractivity contribution in [1.29, 1.82) is 0 Å². The molecule has 2 aliphatic rings. The van der Waals surface area contributed by atoms with Crippen molar-refractivity contribution in [1.82, 2.24) is 19.8 Å². The van der Waals surface area contributed by atoms with Crippen LogP contribution in [0.2, 0.25) is 5.02 Å². The standard InChI is InChI=1S/C29H29ClN4O3/c1-3-4-13-37-29(36)34-11-9-33(10-12-34)28(35)20-6-7-23-24(30)17-26(32-27(23)16-20)22-15-21-14-19(2)5-8-25(21)31-18-22/h3,6-7,14-18H,1,4-5,8-13H2,2H3. The maximum atomic E-state index is 13.3. The minimum atomic E-state index is -0.353. The lowest BCUT2D eigenvalue weighted by molar-refractivity contribution is 0.0564. The molecule has 7 nitrogen and oxygen atoms in total. The molecule has 2 amide bonds. The van der Waals surface area contributed by atoms with Gasteiger partial charge in [-0.1, -0.05) is 35.4 Å². The van der Waals surface area contributed by atoms with Crippen molar-refractivity contribution in [3.8, 4) is 11.3 Å². The Morgan fingerprint density at radius 1 is 1.11 bits per heavy atom. The molecule has 1 aliphatic heterocycles. The molecule has 0 unspecified atom stereocenters. The van der Waals surface area contributed by atoms with Crippen molar-refractivity contribution in [2.45, 2.75) is 26.2 Å². The fourth-order valence-corrected chi connectivity index (χ4v) is 4.96. The Hall–Kier alpha value is -3.71. The number of halogens is 1. The highest BCUT2D eigenvalue weighted by Crippen LogP contribution is 2.31. The Kier molecular flexibility index (Phi) is 7.24. The van der Waals surface area contributed by atoms with Crippen LogP contribution in [-0.4, -0.2) is 64.6 Å². The molecule has 2 aromatic heterocycles. The number of rotatable bonds is 5. The zero-order valence-corrected chi connectivity index (χ0v) is 21.6. The molecule has 190 valence electrons. The van der Waals surface area contributed by atoms with E-state index in [4.69, 9.17) is 21.3 Å². The lowest BCUT2D eigenvalue weighted by atomic mass is 9.95. The van der Waals surface area contributed by atoms with Crippen molar-refractivity contribution >= 4 is 40.6 Å². The van der Waals surface area contributed by atoms with Gasteiger partial charge in [0, 0.05) is 54.6 Å². The smallest absolute Gasteiger partial charge is 0.409 e. The van der Waals surface area contributed by atoms with Gasteiger partial charge in [0.15, 0.2) is 0 Å². The molecule has 0 N–H and O–H groups in total. The molecule has 0 radical (unpaired) electrons. The molecular weight excluding hydrogens is 488 g/mol. The van der Waals surface area contributed by atoms with Crippen molar-refractivity contribution in [3.05, 3.63) is 76.6 Å². The second-order valence-corrected chi connectivity index (χ2v) is 9.85. The molecule has 3 aromatic rings. The van der Waals surface area contributed by atoms with Gasteiger partial charge >= 0.3 is 6.09 Å². The zero-order chi connectivity index (χ0) is 25.9. The summed E-state index contributed by atoms with van der Waals surface area (Å²) >= 11 is 6.63. The van der Waals surface area contributed by atoms with Gasteiger partial charge in [-0.3, -0.25) is 9.78 Å². The van der Waals surface area contributed by atoms with E-state index in [0.29, 0.717) is 55.3 Å². The van der Waals surface area contributed by atoms with Crippen LogP contribution in [0.5, 0.6) is 0 Å². The molecule has 1 saturated heterocycles. The monoisotopic (exact) mass is 516 g/mol. The fourth-order valence-electron chi connectivity index (χ4n) is 4.70. The first-order valence-corrected chi connectivity index (χ1v) is 12.9. The van der Waals surface area contributed by atoms with Gasteiger partial charge in [0.05, 0.1) is 22.8 Å². The summed E-state index contributed by atoms with van der Waals surface area (Å²) < 4.78 is 5.23. The van der Waals surface area contributed by atoms with Crippen LogP contribution >= 0.6 is 11.6 Å². The highest BCUT2D eigenvalue weighted by atomic mass is 35.5. The third-order valence-electron chi connectivity index (χ3n) is 6.84. The average molecular weight is 517 g/mol. The fraction of sp³-hybridized carbons (Fsp3) is 0.310. The number of aryl methyl sites for hydroxylation is 1. The Labute approximate surface area is 221 Å². The second-order valence-electron chi connectivity index (χ2n) is 9.44. The molecule has 1 aliphatic carbocycles. The van der Waals surface area contributed by atoms with Gasteiger partial charge in [0.25, 0.3) is 5.91 Å². The van der Waals surface area contributed by atoms with Gasteiger partial charge < -0.3 is 14.5 Å².